The Kier molecular flexibility index (Phi) is 3.37. The molecule has 2 aliphatic rings. The minimum absolute atomic E-state index is 0.253. The SMILES string of the molecule is CN1CCc2c(sc3c2CNC(c2ccccc2)c2cccn2-3)C1. The normalized spacial score (nSPS) is 20.1. The van der Waals surface area contributed by atoms with Crippen LogP contribution in [0, 0.1) is 0 Å². The second-order valence-corrected chi connectivity index (χ2v) is 7.89. The lowest BCUT2D eigenvalue weighted by molar-refractivity contribution is 0.316. The van der Waals surface area contributed by atoms with E-state index in [4.69, 9.17) is 0 Å². The van der Waals surface area contributed by atoms with Crippen molar-refractivity contribution in [1.82, 2.24) is 14.8 Å². The molecule has 5 rings (SSSR count). The van der Waals surface area contributed by atoms with Crippen LogP contribution in [0.2, 0.25) is 0 Å². The van der Waals surface area contributed by atoms with Gasteiger partial charge in [-0.15, -0.1) is 11.3 Å². The van der Waals surface area contributed by atoms with E-state index in [1.165, 1.54) is 28.2 Å². The van der Waals surface area contributed by atoms with Gasteiger partial charge in [-0.25, -0.2) is 0 Å². The fourth-order valence-corrected chi connectivity index (χ4v) is 5.47. The molecule has 2 aliphatic heterocycles. The number of benzene rings is 1. The molecule has 0 radical (unpaired) electrons. The van der Waals surface area contributed by atoms with Crippen molar-refractivity contribution >= 4 is 11.3 Å². The lowest BCUT2D eigenvalue weighted by Gasteiger charge is -2.23. The van der Waals surface area contributed by atoms with Crippen molar-refractivity contribution in [3.63, 3.8) is 0 Å². The molecule has 0 spiro atoms. The number of nitrogens with one attached hydrogen (secondary N) is 1. The Morgan fingerprint density at radius 1 is 1.08 bits per heavy atom. The fourth-order valence-electron chi connectivity index (χ4n) is 4.02. The summed E-state index contributed by atoms with van der Waals surface area (Å²) in [5, 5.41) is 5.23. The molecule has 2 aromatic heterocycles. The van der Waals surface area contributed by atoms with Crippen LogP contribution in [0.3, 0.4) is 0 Å². The van der Waals surface area contributed by atoms with E-state index in [-0.39, 0.29) is 6.04 Å². The Hall–Kier alpha value is -1.88. The van der Waals surface area contributed by atoms with Crippen molar-refractivity contribution in [2.45, 2.75) is 25.6 Å². The summed E-state index contributed by atoms with van der Waals surface area (Å²) in [4.78, 5) is 3.97. The van der Waals surface area contributed by atoms with E-state index in [0.29, 0.717) is 0 Å². The number of nitrogens with zero attached hydrogens (tertiary/aromatic N) is 2. The van der Waals surface area contributed by atoms with Crippen LogP contribution in [0.15, 0.2) is 48.7 Å². The summed E-state index contributed by atoms with van der Waals surface area (Å²) < 4.78 is 2.41. The first-order chi connectivity index (χ1) is 11.8. The van der Waals surface area contributed by atoms with Crippen LogP contribution in [0.4, 0.5) is 0 Å². The second-order valence-electron chi connectivity index (χ2n) is 6.80. The zero-order chi connectivity index (χ0) is 16.1. The first-order valence-electron chi connectivity index (χ1n) is 8.59. The van der Waals surface area contributed by atoms with Crippen LogP contribution in [-0.4, -0.2) is 23.1 Å². The quantitative estimate of drug-likeness (QED) is 0.731. The fraction of sp³-hybridized carbons (Fsp3) is 0.300. The first kappa shape index (κ1) is 14.5. The first-order valence-corrected chi connectivity index (χ1v) is 9.41. The molecule has 1 atom stereocenters. The van der Waals surface area contributed by atoms with E-state index < -0.39 is 0 Å². The highest BCUT2D eigenvalue weighted by Crippen LogP contribution is 2.39. The van der Waals surface area contributed by atoms with Crippen molar-refractivity contribution in [1.29, 1.82) is 0 Å². The summed E-state index contributed by atoms with van der Waals surface area (Å²) in [6, 6.07) is 15.5. The molecule has 3 aromatic rings. The van der Waals surface area contributed by atoms with E-state index in [1.807, 2.05) is 11.3 Å². The Morgan fingerprint density at radius 3 is 2.83 bits per heavy atom. The minimum atomic E-state index is 0.253. The van der Waals surface area contributed by atoms with Gasteiger partial charge < -0.3 is 14.8 Å². The van der Waals surface area contributed by atoms with Gasteiger partial charge in [0.2, 0.25) is 0 Å². The second kappa shape index (κ2) is 5.59. The van der Waals surface area contributed by atoms with Gasteiger partial charge >= 0.3 is 0 Å². The third-order valence-corrected chi connectivity index (χ3v) is 6.51. The molecule has 0 bridgehead atoms. The topological polar surface area (TPSA) is 20.2 Å². The Labute approximate surface area is 146 Å². The average Bonchev–Trinajstić information content (AvgIpc) is 3.17. The molecule has 122 valence electrons. The van der Waals surface area contributed by atoms with Crippen LogP contribution in [0.25, 0.3) is 5.00 Å². The molecule has 0 saturated carbocycles. The van der Waals surface area contributed by atoms with Gasteiger partial charge in [-0.3, -0.25) is 0 Å². The number of aromatic nitrogens is 1. The minimum Gasteiger partial charge on any atom is -0.310 e. The summed E-state index contributed by atoms with van der Waals surface area (Å²) >= 11 is 1.98. The van der Waals surface area contributed by atoms with E-state index in [1.54, 1.807) is 10.4 Å². The van der Waals surface area contributed by atoms with Gasteiger partial charge in [0.05, 0.1) is 6.04 Å². The van der Waals surface area contributed by atoms with Crippen molar-refractivity contribution in [2.75, 3.05) is 13.6 Å². The molecule has 0 fully saturated rings. The molecule has 3 nitrogen and oxygen atoms in total. The monoisotopic (exact) mass is 335 g/mol. The van der Waals surface area contributed by atoms with Crippen LogP contribution in [-0.2, 0) is 19.5 Å². The summed E-state index contributed by atoms with van der Waals surface area (Å²) in [6.07, 6.45) is 3.40. The Morgan fingerprint density at radius 2 is 1.96 bits per heavy atom. The van der Waals surface area contributed by atoms with Gasteiger partial charge in [0.15, 0.2) is 0 Å². The van der Waals surface area contributed by atoms with Crippen molar-refractivity contribution < 1.29 is 0 Å². The maximum absolute atomic E-state index is 3.82. The third-order valence-electron chi connectivity index (χ3n) is 5.25. The maximum Gasteiger partial charge on any atom is 0.104 e. The number of fused-ring (bicyclic) bond motifs is 5. The van der Waals surface area contributed by atoms with Gasteiger partial charge in [0.25, 0.3) is 0 Å². The Balaban J connectivity index is 1.64. The lowest BCUT2D eigenvalue weighted by Crippen LogP contribution is -2.26. The van der Waals surface area contributed by atoms with Crippen molar-refractivity contribution in [3.05, 3.63) is 75.9 Å². The molecule has 24 heavy (non-hydrogen) atoms. The summed E-state index contributed by atoms with van der Waals surface area (Å²) in [7, 11) is 2.22. The standard InChI is InChI=1S/C20H21N3S/c1-22-11-9-15-16-12-21-19(14-6-3-2-4-7-14)17-8-5-10-23(17)20(16)24-18(15)13-22/h2-8,10,19,21H,9,11-13H2,1H3. The number of rotatable bonds is 1. The number of hydrogen-bond donors (Lipinski definition) is 1. The molecule has 1 aromatic carbocycles. The van der Waals surface area contributed by atoms with Crippen LogP contribution >= 0.6 is 11.3 Å². The molecule has 4 heteroatoms. The van der Waals surface area contributed by atoms with E-state index in [0.717, 1.165) is 19.6 Å². The lowest BCUT2D eigenvalue weighted by atomic mass is 10.0. The molecule has 0 aliphatic carbocycles. The van der Waals surface area contributed by atoms with Gasteiger partial charge in [-0.2, -0.15) is 0 Å². The molecule has 0 amide bonds. The molecular weight excluding hydrogens is 314 g/mol. The number of thiophene rings is 1. The summed E-state index contributed by atoms with van der Waals surface area (Å²) in [5.41, 5.74) is 5.78. The Bertz CT molecular complexity index is 878. The van der Waals surface area contributed by atoms with Gasteiger partial charge in [-0.1, -0.05) is 30.3 Å². The highest BCUT2D eigenvalue weighted by Gasteiger charge is 2.29. The molecule has 4 heterocycles. The predicted molar refractivity (Wildman–Crippen MR) is 98.8 cm³/mol. The van der Waals surface area contributed by atoms with Gasteiger partial charge in [0.1, 0.15) is 5.00 Å². The molecule has 1 unspecified atom stereocenters. The van der Waals surface area contributed by atoms with Crippen LogP contribution in [0.5, 0.6) is 0 Å². The maximum atomic E-state index is 3.82. The average molecular weight is 335 g/mol. The molecular formula is C20H21N3S. The highest BCUT2D eigenvalue weighted by molar-refractivity contribution is 7.15. The van der Waals surface area contributed by atoms with E-state index in [9.17, 15) is 0 Å². The third kappa shape index (κ3) is 2.18. The van der Waals surface area contributed by atoms with Crippen molar-refractivity contribution in [2.24, 2.45) is 0 Å². The summed E-state index contributed by atoms with van der Waals surface area (Å²) in [6.45, 7) is 3.20. The van der Waals surface area contributed by atoms with E-state index in [2.05, 4.69) is 70.5 Å². The van der Waals surface area contributed by atoms with Crippen molar-refractivity contribution in [3.8, 4) is 5.00 Å². The van der Waals surface area contributed by atoms with Gasteiger partial charge in [-0.05, 0) is 36.7 Å². The molecule has 1 N–H and O–H groups in total. The zero-order valence-corrected chi connectivity index (χ0v) is 14.6. The highest BCUT2D eigenvalue weighted by atomic mass is 32.1. The summed E-state index contributed by atoms with van der Waals surface area (Å²) in [5.74, 6) is 0. The van der Waals surface area contributed by atoms with Crippen LogP contribution < -0.4 is 5.32 Å². The predicted octanol–water partition coefficient (Wildman–Crippen LogP) is 3.72. The number of likely N-dealkylation sites (N-methyl/N-ethyl adjacent to an activating group) is 1. The smallest absolute Gasteiger partial charge is 0.104 e. The van der Waals surface area contributed by atoms with Gasteiger partial charge in [0, 0.05) is 42.0 Å². The van der Waals surface area contributed by atoms with Crippen LogP contribution in [0.1, 0.15) is 33.3 Å². The largest absolute Gasteiger partial charge is 0.310 e. The van der Waals surface area contributed by atoms with E-state index >= 15 is 0 Å². The number of hydrogen-bond acceptors (Lipinski definition) is 3. The zero-order valence-electron chi connectivity index (χ0n) is 13.8. The molecule has 0 saturated heterocycles.